The number of benzene rings is 2. The van der Waals surface area contributed by atoms with E-state index in [9.17, 15) is 9.59 Å². The molecule has 22 heavy (non-hydrogen) atoms. The Morgan fingerprint density at radius 1 is 1.05 bits per heavy atom. The molecular weight excluding hydrogens is 298 g/mol. The van der Waals surface area contributed by atoms with Crippen molar-refractivity contribution in [2.24, 2.45) is 0 Å². The lowest BCUT2D eigenvalue weighted by atomic mass is 10.1. The molecule has 0 saturated heterocycles. The number of carbonyl (C=O) groups excluding carboxylic acids is 2. The highest BCUT2D eigenvalue weighted by Crippen LogP contribution is 2.24. The minimum Gasteiger partial charge on any atom is -0.465 e. The number of rotatable bonds is 5. The van der Waals surface area contributed by atoms with Crippen molar-refractivity contribution in [2.45, 2.75) is 11.8 Å². The number of anilines is 1. The molecule has 2 rings (SSSR count). The normalized spacial score (nSPS) is 10.1. The van der Waals surface area contributed by atoms with Gasteiger partial charge < -0.3 is 10.1 Å². The lowest BCUT2D eigenvalue weighted by molar-refractivity contribution is 0.0602. The summed E-state index contributed by atoms with van der Waals surface area (Å²) in [5, 5.41) is 2.79. The molecule has 1 amide bonds. The van der Waals surface area contributed by atoms with Gasteiger partial charge in [-0.2, -0.15) is 0 Å². The van der Waals surface area contributed by atoms with E-state index in [1.165, 1.54) is 7.11 Å². The summed E-state index contributed by atoms with van der Waals surface area (Å²) in [6, 6.07) is 14.2. The van der Waals surface area contributed by atoms with Crippen LogP contribution in [0.3, 0.4) is 0 Å². The van der Waals surface area contributed by atoms with E-state index in [0.717, 1.165) is 10.6 Å². The molecule has 114 valence electrons. The van der Waals surface area contributed by atoms with Gasteiger partial charge in [-0.05, 0) is 30.0 Å². The lowest BCUT2D eigenvalue weighted by Crippen LogP contribution is -2.16. The molecule has 0 heterocycles. The van der Waals surface area contributed by atoms with Crippen LogP contribution in [0.2, 0.25) is 0 Å². The molecule has 0 aliphatic carbocycles. The van der Waals surface area contributed by atoms with Crippen LogP contribution in [0.5, 0.6) is 0 Å². The zero-order valence-electron chi connectivity index (χ0n) is 12.5. The van der Waals surface area contributed by atoms with Gasteiger partial charge in [0.05, 0.1) is 23.9 Å². The van der Waals surface area contributed by atoms with Gasteiger partial charge in [0.25, 0.3) is 5.91 Å². The maximum Gasteiger partial charge on any atom is 0.339 e. The Balaban J connectivity index is 2.28. The van der Waals surface area contributed by atoms with E-state index in [1.54, 1.807) is 42.1 Å². The highest BCUT2D eigenvalue weighted by molar-refractivity contribution is 7.99. The van der Waals surface area contributed by atoms with Crippen molar-refractivity contribution in [1.29, 1.82) is 0 Å². The van der Waals surface area contributed by atoms with Gasteiger partial charge in [0.1, 0.15) is 0 Å². The van der Waals surface area contributed by atoms with Crippen molar-refractivity contribution in [1.82, 2.24) is 0 Å². The zero-order valence-corrected chi connectivity index (χ0v) is 13.3. The molecule has 2 aromatic rings. The van der Waals surface area contributed by atoms with Crippen LogP contribution >= 0.6 is 11.8 Å². The number of hydrogen-bond acceptors (Lipinski definition) is 4. The fourth-order valence-electron chi connectivity index (χ4n) is 2.01. The number of nitrogens with one attached hydrogen (secondary N) is 1. The molecule has 5 heteroatoms. The van der Waals surface area contributed by atoms with E-state index in [0.29, 0.717) is 16.8 Å². The van der Waals surface area contributed by atoms with Gasteiger partial charge in [-0.25, -0.2) is 4.79 Å². The molecule has 0 fully saturated rings. The Hall–Kier alpha value is -2.27. The van der Waals surface area contributed by atoms with Crippen LogP contribution in [0.15, 0.2) is 53.4 Å². The number of ether oxygens (including phenoxy) is 1. The Morgan fingerprint density at radius 2 is 1.68 bits per heavy atom. The SMILES string of the molecule is CCSc1ccccc1C(=O)Nc1ccccc1C(=O)OC. The van der Waals surface area contributed by atoms with Crippen molar-refractivity contribution in [3.8, 4) is 0 Å². The predicted octanol–water partition coefficient (Wildman–Crippen LogP) is 3.84. The average Bonchev–Trinajstić information content (AvgIpc) is 2.55. The number of para-hydroxylation sites is 1. The zero-order chi connectivity index (χ0) is 15.9. The Labute approximate surface area is 133 Å². The molecular formula is C17H17NO3S. The van der Waals surface area contributed by atoms with Crippen LogP contribution in [0.4, 0.5) is 5.69 Å². The second kappa shape index (κ2) is 7.66. The monoisotopic (exact) mass is 315 g/mol. The highest BCUT2D eigenvalue weighted by Gasteiger charge is 2.16. The molecule has 4 nitrogen and oxygen atoms in total. The van der Waals surface area contributed by atoms with Crippen LogP contribution in [-0.4, -0.2) is 24.7 Å². The van der Waals surface area contributed by atoms with Gasteiger partial charge in [0.15, 0.2) is 0 Å². The summed E-state index contributed by atoms with van der Waals surface area (Å²) in [4.78, 5) is 25.2. The van der Waals surface area contributed by atoms with Crippen molar-refractivity contribution < 1.29 is 14.3 Å². The predicted molar refractivity (Wildman–Crippen MR) is 88.6 cm³/mol. The summed E-state index contributed by atoms with van der Waals surface area (Å²) in [6.07, 6.45) is 0. The second-order valence-electron chi connectivity index (χ2n) is 4.42. The number of carbonyl (C=O) groups is 2. The Kier molecular flexibility index (Phi) is 5.61. The minimum atomic E-state index is -0.480. The third-order valence-corrected chi connectivity index (χ3v) is 3.97. The molecule has 0 aromatic heterocycles. The number of hydrogen-bond donors (Lipinski definition) is 1. The summed E-state index contributed by atoms with van der Waals surface area (Å²) in [7, 11) is 1.31. The van der Waals surface area contributed by atoms with Crippen molar-refractivity contribution >= 4 is 29.3 Å². The van der Waals surface area contributed by atoms with Crippen molar-refractivity contribution in [2.75, 3.05) is 18.2 Å². The summed E-state index contributed by atoms with van der Waals surface area (Å²) in [5.41, 5.74) is 1.36. The van der Waals surface area contributed by atoms with Gasteiger partial charge in [0, 0.05) is 4.90 Å². The quantitative estimate of drug-likeness (QED) is 0.673. The van der Waals surface area contributed by atoms with Crippen LogP contribution in [0.1, 0.15) is 27.6 Å². The summed E-state index contributed by atoms with van der Waals surface area (Å²) in [5.74, 6) is 0.156. The van der Waals surface area contributed by atoms with Gasteiger partial charge >= 0.3 is 5.97 Å². The number of esters is 1. The molecule has 0 aliphatic heterocycles. The standard InChI is InChI=1S/C17H17NO3S/c1-3-22-15-11-7-5-9-13(15)16(19)18-14-10-6-4-8-12(14)17(20)21-2/h4-11H,3H2,1-2H3,(H,18,19). The van der Waals surface area contributed by atoms with Gasteiger partial charge in [-0.15, -0.1) is 11.8 Å². The molecule has 0 saturated carbocycles. The van der Waals surface area contributed by atoms with E-state index in [4.69, 9.17) is 4.74 Å². The first-order valence-electron chi connectivity index (χ1n) is 6.88. The molecule has 0 atom stereocenters. The third-order valence-electron chi connectivity index (χ3n) is 3.01. The first kappa shape index (κ1) is 16.1. The fraction of sp³-hybridized carbons (Fsp3) is 0.176. The van der Waals surface area contributed by atoms with Crippen molar-refractivity contribution in [3.05, 3.63) is 59.7 Å². The van der Waals surface area contributed by atoms with Crippen LogP contribution in [0, 0.1) is 0 Å². The molecule has 1 N–H and O–H groups in total. The lowest BCUT2D eigenvalue weighted by Gasteiger charge is -2.11. The summed E-state index contributed by atoms with van der Waals surface area (Å²) >= 11 is 1.60. The van der Waals surface area contributed by atoms with Gasteiger partial charge in [-0.3, -0.25) is 4.79 Å². The van der Waals surface area contributed by atoms with E-state index >= 15 is 0 Å². The maximum absolute atomic E-state index is 12.5. The Bertz CT molecular complexity index is 685. The fourth-order valence-corrected chi connectivity index (χ4v) is 2.81. The molecule has 0 bridgehead atoms. The van der Waals surface area contributed by atoms with E-state index in [1.807, 2.05) is 25.1 Å². The van der Waals surface area contributed by atoms with Crippen LogP contribution in [-0.2, 0) is 4.74 Å². The Morgan fingerprint density at radius 3 is 2.36 bits per heavy atom. The van der Waals surface area contributed by atoms with Gasteiger partial charge in [-0.1, -0.05) is 31.2 Å². The molecule has 0 spiro atoms. The molecule has 0 unspecified atom stereocenters. The number of amides is 1. The van der Waals surface area contributed by atoms with Crippen LogP contribution < -0.4 is 5.32 Å². The van der Waals surface area contributed by atoms with Crippen LogP contribution in [0.25, 0.3) is 0 Å². The number of methoxy groups -OCH3 is 1. The largest absolute Gasteiger partial charge is 0.465 e. The molecule has 0 aliphatic rings. The maximum atomic E-state index is 12.5. The summed E-state index contributed by atoms with van der Waals surface area (Å²) < 4.78 is 4.73. The van der Waals surface area contributed by atoms with Gasteiger partial charge in [0.2, 0.25) is 0 Å². The van der Waals surface area contributed by atoms with E-state index in [-0.39, 0.29) is 5.91 Å². The number of thioether (sulfide) groups is 1. The molecule has 0 radical (unpaired) electrons. The first-order chi connectivity index (χ1) is 10.7. The highest BCUT2D eigenvalue weighted by atomic mass is 32.2. The molecule has 2 aromatic carbocycles. The topological polar surface area (TPSA) is 55.4 Å². The average molecular weight is 315 g/mol. The summed E-state index contributed by atoms with van der Waals surface area (Å²) in [6.45, 7) is 2.03. The smallest absolute Gasteiger partial charge is 0.339 e. The minimum absolute atomic E-state index is 0.243. The second-order valence-corrected chi connectivity index (χ2v) is 5.73. The van der Waals surface area contributed by atoms with E-state index in [2.05, 4.69) is 5.32 Å². The third kappa shape index (κ3) is 3.68. The first-order valence-corrected chi connectivity index (χ1v) is 7.86. The van der Waals surface area contributed by atoms with Crippen molar-refractivity contribution in [3.63, 3.8) is 0 Å². The van der Waals surface area contributed by atoms with E-state index < -0.39 is 5.97 Å².